The van der Waals surface area contributed by atoms with Gasteiger partial charge in [-0.25, -0.2) is 4.79 Å². The van der Waals surface area contributed by atoms with Crippen LogP contribution in [0, 0.1) is 0 Å². The smallest absolute Gasteiger partial charge is 0.326 e. The third kappa shape index (κ3) is 2.51. The number of rotatable bonds is 3. The van der Waals surface area contributed by atoms with Crippen LogP contribution < -0.4 is 11.2 Å². The minimum Gasteiger partial charge on any atom is -0.396 e. The summed E-state index contributed by atoms with van der Waals surface area (Å²) in [6, 6.07) is 8.65. The van der Waals surface area contributed by atoms with Crippen LogP contribution in [0.3, 0.4) is 0 Å². The van der Waals surface area contributed by atoms with Gasteiger partial charge in [-0.1, -0.05) is 24.3 Å². The maximum atomic E-state index is 11.2. The SMILES string of the molecule is O=c1cc(-c2ccccc2CCO)[nH]c(=O)[nH]1. The first-order valence-corrected chi connectivity index (χ1v) is 5.23. The van der Waals surface area contributed by atoms with Gasteiger partial charge in [0, 0.05) is 18.2 Å². The molecule has 0 amide bonds. The quantitative estimate of drug-likeness (QED) is 0.709. The second-order valence-corrected chi connectivity index (χ2v) is 3.63. The molecule has 0 saturated heterocycles. The number of hydrogen-bond acceptors (Lipinski definition) is 3. The van der Waals surface area contributed by atoms with Gasteiger partial charge in [0.1, 0.15) is 0 Å². The normalized spacial score (nSPS) is 10.4. The van der Waals surface area contributed by atoms with Gasteiger partial charge in [0.05, 0.1) is 5.69 Å². The number of nitrogens with one attached hydrogen (secondary N) is 2. The summed E-state index contributed by atoms with van der Waals surface area (Å²) in [4.78, 5) is 27.1. The van der Waals surface area contributed by atoms with Gasteiger partial charge >= 0.3 is 5.69 Å². The summed E-state index contributed by atoms with van der Waals surface area (Å²) in [5.41, 5.74) is 1.12. The van der Waals surface area contributed by atoms with Crippen molar-refractivity contribution in [3.05, 3.63) is 56.7 Å². The van der Waals surface area contributed by atoms with E-state index in [0.29, 0.717) is 12.1 Å². The highest BCUT2D eigenvalue weighted by molar-refractivity contribution is 5.63. The molecule has 0 unspecified atom stereocenters. The zero-order valence-electron chi connectivity index (χ0n) is 9.06. The van der Waals surface area contributed by atoms with Crippen molar-refractivity contribution in [3.8, 4) is 11.3 Å². The molecule has 0 aliphatic rings. The van der Waals surface area contributed by atoms with E-state index in [1.807, 2.05) is 18.2 Å². The number of benzene rings is 1. The first-order valence-electron chi connectivity index (χ1n) is 5.23. The van der Waals surface area contributed by atoms with E-state index in [-0.39, 0.29) is 6.61 Å². The van der Waals surface area contributed by atoms with Gasteiger partial charge in [0.25, 0.3) is 5.56 Å². The third-order valence-electron chi connectivity index (χ3n) is 2.45. The van der Waals surface area contributed by atoms with Gasteiger partial charge in [0.15, 0.2) is 0 Å². The van der Waals surface area contributed by atoms with Crippen molar-refractivity contribution in [1.29, 1.82) is 0 Å². The molecule has 88 valence electrons. The topological polar surface area (TPSA) is 85.9 Å². The minimum absolute atomic E-state index is 0.0183. The molecule has 5 nitrogen and oxygen atoms in total. The van der Waals surface area contributed by atoms with Crippen LogP contribution in [0.15, 0.2) is 39.9 Å². The van der Waals surface area contributed by atoms with Crippen molar-refractivity contribution < 1.29 is 5.11 Å². The number of aromatic nitrogens is 2. The van der Waals surface area contributed by atoms with E-state index in [0.717, 1.165) is 11.1 Å². The first kappa shape index (κ1) is 11.3. The highest BCUT2D eigenvalue weighted by Gasteiger charge is 2.05. The largest absolute Gasteiger partial charge is 0.396 e. The van der Waals surface area contributed by atoms with Crippen LogP contribution in [0.5, 0.6) is 0 Å². The Labute approximate surface area is 96.8 Å². The third-order valence-corrected chi connectivity index (χ3v) is 2.45. The van der Waals surface area contributed by atoms with E-state index >= 15 is 0 Å². The highest BCUT2D eigenvalue weighted by Crippen LogP contribution is 2.19. The first-order chi connectivity index (χ1) is 8.20. The van der Waals surface area contributed by atoms with E-state index in [1.165, 1.54) is 6.07 Å². The molecule has 0 aliphatic heterocycles. The van der Waals surface area contributed by atoms with Crippen LogP contribution >= 0.6 is 0 Å². The molecule has 17 heavy (non-hydrogen) atoms. The Morgan fingerprint density at radius 3 is 2.59 bits per heavy atom. The van der Waals surface area contributed by atoms with Crippen molar-refractivity contribution in [3.63, 3.8) is 0 Å². The van der Waals surface area contributed by atoms with Crippen LogP contribution in [-0.4, -0.2) is 21.7 Å². The molecule has 0 spiro atoms. The van der Waals surface area contributed by atoms with Gasteiger partial charge in [-0.2, -0.15) is 0 Å². The summed E-state index contributed by atoms with van der Waals surface area (Å²) in [5.74, 6) is 0. The van der Waals surface area contributed by atoms with Gasteiger partial charge in [-0.15, -0.1) is 0 Å². The summed E-state index contributed by atoms with van der Waals surface area (Å²) in [6.45, 7) is 0.0183. The maximum absolute atomic E-state index is 11.2. The zero-order chi connectivity index (χ0) is 12.3. The predicted octanol–water partition coefficient (Wildman–Crippen LogP) is 0.265. The average Bonchev–Trinajstić information content (AvgIpc) is 2.29. The summed E-state index contributed by atoms with van der Waals surface area (Å²) in [7, 11) is 0. The maximum Gasteiger partial charge on any atom is 0.326 e. The number of aliphatic hydroxyl groups is 1. The van der Waals surface area contributed by atoms with E-state index in [9.17, 15) is 9.59 Å². The number of hydrogen-bond donors (Lipinski definition) is 3. The van der Waals surface area contributed by atoms with Gasteiger partial charge in [-0.3, -0.25) is 9.78 Å². The Balaban J connectivity index is 2.59. The summed E-state index contributed by atoms with van der Waals surface area (Å²) < 4.78 is 0. The monoisotopic (exact) mass is 232 g/mol. The molecular weight excluding hydrogens is 220 g/mol. The Morgan fingerprint density at radius 2 is 1.88 bits per heavy atom. The molecule has 1 aromatic carbocycles. The molecule has 5 heteroatoms. The number of aliphatic hydroxyl groups excluding tert-OH is 1. The summed E-state index contributed by atoms with van der Waals surface area (Å²) in [5, 5.41) is 8.96. The van der Waals surface area contributed by atoms with E-state index in [4.69, 9.17) is 5.11 Å². The van der Waals surface area contributed by atoms with Crippen LogP contribution in [-0.2, 0) is 6.42 Å². The molecule has 0 radical (unpaired) electrons. The molecule has 1 heterocycles. The van der Waals surface area contributed by atoms with Gasteiger partial charge in [-0.05, 0) is 12.0 Å². The zero-order valence-corrected chi connectivity index (χ0v) is 9.06. The van der Waals surface area contributed by atoms with Crippen molar-refractivity contribution in [2.75, 3.05) is 6.61 Å². The molecule has 0 bridgehead atoms. The second kappa shape index (κ2) is 4.80. The molecule has 0 aliphatic carbocycles. The van der Waals surface area contributed by atoms with Gasteiger partial charge < -0.3 is 10.1 Å². The molecule has 0 saturated carbocycles. The minimum atomic E-state index is -0.536. The fraction of sp³-hybridized carbons (Fsp3) is 0.167. The molecule has 1 aromatic heterocycles. The van der Waals surface area contributed by atoms with E-state index in [1.54, 1.807) is 6.07 Å². The molecule has 0 fully saturated rings. The lowest BCUT2D eigenvalue weighted by Gasteiger charge is -2.07. The van der Waals surface area contributed by atoms with Crippen molar-refractivity contribution >= 4 is 0 Å². The lowest BCUT2D eigenvalue weighted by atomic mass is 10.0. The second-order valence-electron chi connectivity index (χ2n) is 3.63. The summed E-state index contributed by atoms with van der Waals surface area (Å²) in [6.07, 6.45) is 0.477. The Bertz CT molecular complexity index is 600. The molecule has 2 aromatic rings. The standard InChI is InChI=1S/C12H12N2O3/c15-6-5-8-3-1-2-4-9(8)10-7-11(16)14-12(17)13-10/h1-4,7,15H,5-6H2,(H2,13,14,16,17). The lowest BCUT2D eigenvalue weighted by Crippen LogP contribution is -2.21. The Morgan fingerprint density at radius 1 is 1.12 bits per heavy atom. The van der Waals surface area contributed by atoms with E-state index < -0.39 is 11.2 Å². The fourth-order valence-corrected chi connectivity index (χ4v) is 1.74. The summed E-state index contributed by atoms with van der Waals surface area (Å²) >= 11 is 0. The number of H-pyrrole nitrogens is 2. The van der Waals surface area contributed by atoms with Crippen molar-refractivity contribution in [2.45, 2.75) is 6.42 Å². The van der Waals surface area contributed by atoms with Crippen molar-refractivity contribution in [2.24, 2.45) is 0 Å². The highest BCUT2D eigenvalue weighted by atomic mass is 16.3. The molecule has 3 N–H and O–H groups in total. The fourth-order valence-electron chi connectivity index (χ4n) is 1.74. The Kier molecular flexibility index (Phi) is 3.20. The average molecular weight is 232 g/mol. The van der Waals surface area contributed by atoms with Crippen LogP contribution in [0.2, 0.25) is 0 Å². The van der Waals surface area contributed by atoms with Crippen molar-refractivity contribution in [1.82, 2.24) is 9.97 Å². The molecule has 0 atom stereocenters. The van der Waals surface area contributed by atoms with Crippen LogP contribution in [0.1, 0.15) is 5.56 Å². The van der Waals surface area contributed by atoms with Gasteiger partial charge in [0.2, 0.25) is 0 Å². The number of aromatic amines is 2. The Hall–Kier alpha value is -2.14. The van der Waals surface area contributed by atoms with E-state index in [2.05, 4.69) is 9.97 Å². The molecular formula is C12H12N2O3. The lowest BCUT2D eigenvalue weighted by molar-refractivity contribution is 0.300. The molecule has 2 rings (SSSR count). The predicted molar refractivity (Wildman–Crippen MR) is 63.9 cm³/mol. The van der Waals surface area contributed by atoms with Crippen LogP contribution in [0.4, 0.5) is 0 Å². The van der Waals surface area contributed by atoms with Crippen LogP contribution in [0.25, 0.3) is 11.3 Å².